The molecule has 0 spiro atoms. The molecule has 0 aliphatic heterocycles. The number of methoxy groups -OCH3 is 1. The molecule has 0 aliphatic carbocycles. The maximum atomic E-state index is 11.8. The van der Waals surface area contributed by atoms with Crippen LogP contribution in [0.4, 0.5) is 0 Å². The monoisotopic (exact) mass is 245 g/mol. The fraction of sp³-hybridized carbons (Fsp3) is 0.286. The number of carbonyl (C=O) groups excluding carboxylic acids is 1. The van der Waals surface area contributed by atoms with E-state index in [1.165, 1.54) is 0 Å². The third kappa shape index (κ3) is 2.14. The van der Waals surface area contributed by atoms with E-state index in [9.17, 15) is 4.79 Å². The number of pyridine rings is 1. The minimum atomic E-state index is -0.341. The van der Waals surface area contributed by atoms with E-state index in [-0.39, 0.29) is 5.97 Å². The molecule has 4 nitrogen and oxygen atoms in total. The highest BCUT2D eigenvalue weighted by atomic mass is 16.5. The number of para-hydroxylation sites is 1. The van der Waals surface area contributed by atoms with Gasteiger partial charge in [0.2, 0.25) is 0 Å². The van der Waals surface area contributed by atoms with Crippen molar-refractivity contribution >= 4 is 16.9 Å². The van der Waals surface area contributed by atoms with E-state index in [0.29, 0.717) is 23.6 Å². The number of esters is 1. The smallest absolute Gasteiger partial charge is 0.339 e. The Hall–Kier alpha value is -2.10. The Bertz CT molecular complexity index is 593. The Labute approximate surface area is 106 Å². The summed E-state index contributed by atoms with van der Waals surface area (Å²) in [4.78, 5) is 16.2. The van der Waals surface area contributed by atoms with E-state index in [1.54, 1.807) is 27.0 Å². The summed E-state index contributed by atoms with van der Waals surface area (Å²) < 4.78 is 10.3. The Kier molecular flexibility index (Phi) is 3.46. The molecule has 0 bridgehead atoms. The SMILES string of the molecule is CCOC(=O)c1cc2cccc(OC)c2nc1C. The summed E-state index contributed by atoms with van der Waals surface area (Å²) in [7, 11) is 1.60. The van der Waals surface area contributed by atoms with Crippen molar-refractivity contribution in [3.05, 3.63) is 35.5 Å². The quantitative estimate of drug-likeness (QED) is 0.780. The topological polar surface area (TPSA) is 48.4 Å². The molecule has 0 radical (unpaired) electrons. The average molecular weight is 245 g/mol. The van der Waals surface area contributed by atoms with Gasteiger partial charge in [-0.2, -0.15) is 0 Å². The van der Waals surface area contributed by atoms with Crippen LogP contribution in [0, 0.1) is 6.92 Å². The third-order valence-corrected chi connectivity index (χ3v) is 2.71. The zero-order valence-corrected chi connectivity index (χ0v) is 10.7. The highest BCUT2D eigenvalue weighted by molar-refractivity contribution is 5.96. The van der Waals surface area contributed by atoms with Gasteiger partial charge >= 0.3 is 5.97 Å². The van der Waals surface area contributed by atoms with Crippen LogP contribution in [-0.2, 0) is 4.74 Å². The van der Waals surface area contributed by atoms with Crippen LogP contribution in [0.1, 0.15) is 23.0 Å². The van der Waals surface area contributed by atoms with Gasteiger partial charge in [-0.3, -0.25) is 0 Å². The Balaban J connectivity index is 2.59. The predicted octanol–water partition coefficient (Wildman–Crippen LogP) is 2.73. The first-order chi connectivity index (χ1) is 8.67. The molecule has 0 saturated heterocycles. The third-order valence-electron chi connectivity index (χ3n) is 2.71. The molecule has 1 heterocycles. The second-order valence-corrected chi connectivity index (χ2v) is 3.87. The molecule has 0 fully saturated rings. The van der Waals surface area contributed by atoms with Crippen molar-refractivity contribution < 1.29 is 14.3 Å². The summed E-state index contributed by atoms with van der Waals surface area (Å²) >= 11 is 0. The summed E-state index contributed by atoms with van der Waals surface area (Å²) in [6, 6.07) is 7.40. The first-order valence-corrected chi connectivity index (χ1v) is 5.78. The van der Waals surface area contributed by atoms with Gasteiger partial charge in [0.1, 0.15) is 11.3 Å². The van der Waals surface area contributed by atoms with E-state index in [2.05, 4.69) is 4.98 Å². The molecular formula is C14H15NO3. The summed E-state index contributed by atoms with van der Waals surface area (Å²) in [5.74, 6) is 0.359. The van der Waals surface area contributed by atoms with Crippen molar-refractivity contribution in [2.24, 2.45) is 0 Å². The second-order valence-electron chi connectivity index (χ2n) is 3.87. The summed E-state index contributed by atoms with van der Waals surface area (Å²) in [5.41, 5.74) is 1.90. The molecule has 0 unspecified atom stereocenters. The van der Waals surface area contributed by atoms with E-state index in [4.69, 9.17) is 9.47 Å². The van der Waals surface area contributed by atoms with Gasteiger partial charge in [-0.25, -0.2) is 9.78 Å². The van der Waals surface area contributed by atoms with Crippen LogP contribution in [0.2, 0.25) is 0 Å². The first kappa shape index (κ1) is 12.4. The molecule has 1 aromatic carbocycles. The van der Waals surface area contributed by atoms with Crippen LogP contribution < -0.4 is 4.74 Å². The van der Waals surface area contributed by atoms with E-state index < -0.39 is 0 Å². The predicted molar refractivity (Wildman–Crippen MR) is 69.0 cm³/mol. The zero-order chi connectivity index (χ0) is 13.1. The van der Waals surface area contributed by atoms with Crippen molar-refractivity contribution in [1.29, 1.82) is 0 Å². The molecule has 0 saturated carbocycles. The number of carbonyl (C=O) groups is 1. The van der Waals surface area contributed by atoms with Crippen molar-refractivity contribution in [1.82, 2.24) is 4.98 Å². The van der Waals surface area contributed by atoms with Crippen LogP contribution in [0.25, 0.3) is 10.9 Å². The molecule has 94 valence electrons. The molecule has 0 aliphatic rings. The van der Waals surface area contributed by atoms with Gasteiger partial charge in [-0.15, -0.1) is 0 Å². The van der Waals surface area contributed by atoms with Crippen molar-refractivity contribution in [2.75, 3.05) is 13.7 Å². The highest BCUT2D eigenvalue weighted by Crippen LogP contribution is 2.25. The normalized spacial score (nSPS) is 10.4. The Morgan fingerprint density at radius 2 is 2.17 bits per heavy atom. The molecule has 0 N–H and O–H groups in total. The van der Waals surface area contributed by atoms with Crippen LogP contribution in [0.3, 0.4) is 0 Å². The van der Waals surface area contributed by atoms with Gasteiger partial charge in [0, 0.05) is 5.39 Å². The van der Waals surface area contributed by atoms with Gasteiger partial charge in [-0.05, 0) is 26.0 Å². The van der Waals surface area contributed by atoms with Crippen LogP contribution in [0.5, 0.6) is 5.75 Å². The zero-order valence-electron chi connectivity index (χ0n) is 10.7. The van der Waals surface area contributed by atoms with Crippen molar-refractivity contribution in [3.8, 4) is 5.75 Å². The number of hydrogen-bond donors (Lipinski definition) is 0. The van der Waals surface area contributed by atoms with Crippen LogP contribution in [0.15, 0.2) is 24.3 Å². The largest absolute Gasteiger partial charge is 0.494 e. The first-order valence-electron chi connectivity index (χ1n) is 5.78. The Morgan fingerprint density at radius 1 is 1.39 bits per heavy atom. The van der Waals surface area contributed by atoms with Gasteiger partial charge in [0.25, 0.3) is 0 Å². The van der Waals surface area contributed by atoms with Crippen molar-refractivity contribution in [3.63, 3.8) is 0 Å². The molecule has 2 aromatic rings. The van der Waals surface area contributed by atoms with Gasteiger partial charge < -0.3 is 9.47 Å². The molecular weight excluding hydrogens is 230 g/mol. The summed E-state index contributed by atoms with van der Waals surface area (Å²) in [5, 5.41) is 0.864. The maximum absolute atomic E-state index is 11.8. The van der Waals surface area contributed by atoms with Gasteiger partial charge in [0.15, 0.2) is 0 Å². The van der Waals surface area contributed by atoms with Crippen LogP contribution >= 0.6 is 0 Å². The number of aryl methyl sites for hydroxylation is 1. The van der Waals surface area contributed by atoms with E-state index in [1.807, 2.05) is 18.2 Å². The van der Waals surface area contributed by atoms with Crippen molar-refractivity contribution in [2.45, 2.75) is 13.8 Å². The lowest BCUT2D eigenvalue weighted by atomic mass is 10.1. The molecule has 0 amide bonds. The fourth-order valence-electron chi connectivity index (χ4n) is 1.84. The second kappa shape index (κ2) is 5.04. The summed E-state index contributed by atoms with van der Waals surface area (Å²) in [6.07, 6.45) is 0. The fourth-order valence-corrected chi connectivity index (χ4v) is 1.84. The molecule has 18 heavy (non-hydrogen) atoms. The molecule has 4 heteroatoms. The maximum Gasteiger partial charge on any atom is 0.339 e. The van der Waals surface area contributed by atoms with Gasteiger partial charge in [-0.1, -0.05) is 12.1 Å². The number of hydrogen-bond acceptors (Lipinski definition) is 4. The lowest BCUT2D eigenvalue weighted by Crippen LogP contribution is -2.08. The minimum absolute atomic E-state index is 0.341. The number of aromatic nitrogens is 1. The molecule has 2 rings (SSSR count). The highest BCUT2D eigenvalue weighted by Gasteiger charge is 2.13. The molecule has 0 atom stereocenters. The lowest BCUT2D eigenvalue weighted by molar-refractivity contribution is 0.0525. The van der Waals surface area contributed by atoms with E-state index >= 15 is 0 Å². The lowest BCUT2D eigenvalue weighted by Gasteiger charge is -2.09. The number of nitrogens with zero attached hydrogens (tertiary/aromatic N) is 1. The number of ether oxygens (including phenoxy) is 2. The summed E-state index contributed by atoms with van der Waals surface area (Å²) in [6.45, 7) is 3.93. The van der Waals surface area contributed by atoms with Crippen LogP contribution in [-0.4, -0.2) is 24.7 Å². The van der Waals surface area contributed by atoms with Gasteiger partial charge in [0.05, 0.1) is 25.0 Å². The molecule has 1 aromatic heterocycles. The standard InChI is InChI=1S/C14H15NO3/c1-4-18-14(16)11-8-10-6-5-7-12(17-3)13(10)15-9(11)2/h5-8H,4H2,1-3H3. The van der Waals surface area contributed by atoms with E-state index in [0.717, 1.165) is 10.9 Å². The number of benzene rings is 1. The Morgan fingerprint density at radius 3 is 2.83 bits per heavy atom. The number of rotatable bonds is 3. The average Bonchev–Trinajstić information content (AvgIpc) is 2.37. The minimum Gasteiger partial charge on any atom is -0.494 e. The number of fused-ring (bicyclic) bond motifs is 1.